The first-order valence-corrected chi connectivity index (χ1v) is 21.8. The molecule has 10 aromatic rings. The van der Waals surface area contributed by atoms with Gasteiger partial charge in [-0.05, 0) is 24.4 Å². The second kappa shape index (κ2) is 10.8. The van der Waals surface area contributed by atoms with Gasteiger partial charge in [0.2, 0.25) is 0 Å². The van der Waals surface area contributed by atoms with Crippen LogP contribution in [0.15, 0.2) is 109 Å². The number of hydrogen-bond donors (Lipinski definition) is 0. The topological polar surface area (TPSA) is 0 Å². The van der Waals surface area contributed by atoms with Crippen molar-refractivity contribution in [3.63, 3.8) is 0 Å². The van der Waals surface area contributed by atoms with Crippen molar-refractivity contribution >= 4 is 127 Å². The van der Waals surface area contributed by atoms with Crippen molar-refractivity contribution in [2.45, 2.75) is 13.8 Å². The summed E-state index contributed by atoms with van der Waals surface area (Å²) in [5.41, 5.74) is 0. The van der Waals surface area contributed by atoms with Gasteiger partial charge in [-0.3, -0.25) is 0 Å². The van der Waals surface area contributed by atoms with E-state index in [9.17, 15) is 0 Å². The van der Waals surface area contributed by atoms with Crippen LogP contribution in [0.2, 0.25) is 0 Å². The molecule has 0 aliphatic heterocycles. The predicted molar refractivity (Wildman–Crippen MR) is 211 cm³/mol. The molecule has 0 nitrogen and oxygen atoms in total. The molecular weight excluding hydrogens is 767 g/mol. The molecule has 6 aromatic heterocycles. The van der Waals surface area contributed by atoms with E-state index in [0.717, 1.165) is 0 Å². The van der Waals surface area contributed by atoms with Crippen LogP contribution in [0.1, 0.15) is 9.75 Å². The molecule has 0 radical (unpaired) electrons. The first-order chi connectivity index (χ1) is 22.6. The molecule has 4 aromatic carbocycles. The van der Waals surface area contributed by atoms with Gasteiger partial charge in [-0.25, -0.2) is 0 Å². The van der Waals surface area contributed by atoms with Crippen molar-refractivity contribution in [2.75, 3.05) is 0 Å². The minimum absolute atomic E-state index is 0.361. The summed E-state index contributed by atoms with van der Waals surface area (Å²) in [7, 11) is 0. The van der Waals surface area contributed by atoms with Crippen LogP contribution in [0.4, 0.5) is 0 Å². The molecule has 0 N–H and O–H groups in total. The van der Waals surface area contributed by atoms with Crippen LogP contribution in [-0.2, 0) is 0 Å². The van der Waals surface area contributed by atoms with Gasteiger partial charge in [-0.15, -0.1) is 11.3 Å². The summed E-state index contributed by atoms with van der Waals surface area (Å²) in [5, 5.41) is 10.8. The molecule has 0 fully saturated rings. The van der Waals surface area contributed by atoms with Crippen LogP contribution in [0, 0.1) is 13.8 Å². The van der Waals surface area contributed by atoms with E-state index in [1.807, 2.05) is 45.3 Å². The van der Waals surface area contributed by atoms with Crippen molar-refractivity contribution in [2.24, 2.45) is 0 Å². The zero-order valence-electron chi connectivity index (χ0n) is 24.8. The third-order valence-corrected chi connectivity index (χ3v) is 19.4. The van der Waals surface area contributed by atoms with Crippen molar-refractivity contribution in [3.8, 4) is 37.3 Å². The van der Waals surface area contributed by atoms with E-state index in [1.54, 1.807) is 8.87 Å². The molecule has 220 valence electrons. The summed E-state index contributed by atoms with van der Waals surface area (Å²) in [6, 6.07) is 42.2. The second-order valence-corrected chi connectivity index (χ2v) is 21.0. The van der Waals surface area contributed by atoms with Crippen molar-refractivity contribution < 1.29 is 0 Å². The number of fused-ring (bicyclic) bond motifs is 9. The molecule has 6 heteroatoms. The van der Waals surface area contributed by atoms with E-state index in [0.29, 0.717) is 29.0 Å². The zero-order valence-corrected chi connectivity index (χ0v) is 31.5. The van der Waals surface area contributed by atoms with Gasteiger partial charge in [-0.2, -0.15) is 0 Å². The third-order valence-electron chi connectivity index (χ3n) is 8.84. The number of hydrogen-bond acceptors (Lipinski definition) is 4. The van der Waals surface area contributed by atoms with Gasteiger partial charge in [-0.1, -0.05) is 6.07 Å². The second-order valence-electron chi connectivity index (χ2n) is 11.7. The number of thiophene rings is 4. The summed E-state index contributed by atoms with van der Waals surface area (Å²) in [6.07, 6.45) is 0. The number of rotatable bonds is 4. The Kier molecular flexibility index (Phi) is 6.55. The van der Waals surface area contributed by atoms with Crippen molar-refractivity contribution in [1.29, 1.82) is 0 Å². The van der Waals surface area contributed by atoms with E-state index in [-0.39, 0.29) is 0 Å². The summed E-state index contributed by atoms with van der Waals surface area (Å²) in [4.78, 5) is 8.37. The fourth-order valence-electron chi connectivity index (χ4n) is 6.70. The van der Waals surface area contributed by atoms with Gasteiger partial charge in [0, 0.05) is 15.0 Å². The normalized spacial score (nSPS) is 12.1. The maximum atomic E-state index is 2.44. The summed E-state index contributed by atoms with van der Waals surface area (Å²) in [5.74, 6) is 0. The number of aryl methyl sites for hydroxylation is 2. The van der Waals surface area contributed by atoms with Crippen LogP contribution in [0.3, 0.4) is 0 Å². The fraction of sp³-hybridized carbons (Fsp3) is 0.0500. The quantitative estimate of drug-likeness (QED) is 0.123. The first kappa shape index (κ1) is 28.0. The Bertz CT molecular complexity index is 2790. The average molecular weight is 791 g/mol. The predicted octanol–water partition coefficient (Wildman–Crippen LogP) is 13.1. The molecule has 0 amide bonds. The minimum atomic E-state index is 0.361. The monoisotopic (exact) mass is 792 g/mol. The fourth-order valence-corrected chi connectivity index (χ4v) is 15.9. The van der Waals surface area contributed by atoms with Crippen LogP contribution in [0.5, 0.6) is 0 Å². The van der Waals surface area contributed by atoms with E-state index in [1.165, 1.54) is 90.6 Å². The molecule has 0 saturated carbocycles. The molecule has 0 bridgehead atoms. The Morgan fingerprint density at radius 2 is 0.804 bits per heavy atom. The Hall–Kier alpha value is -3.02. The molecule has 0 aliphatic rings. The molecule has 0 saturated heterocycles. The Morgan fingerprint density at radius 3 is 1.41 bits per heavy atom. The molecule has 46 heavy (non-hydrogen) atoms. The Balaban J connectivity index is 1.00. The van der Waals surface area contributed by atoms with Gasteiger partial charge in [0.25, 0.3) is 0 Å². The molecule has 0 aliphatic carbocycles. The SMILES string of the molecule is Cc1ccc(-c2ccc(-c3ccc(-c4ccc(-c5cc6c(ccc7c6ccc6c8ccc9sc(C)cc9c8ccc76)s5)s4)[se]3)[se]2)s1. The van der Waals surface area contributed by atoms with E-state index in [2.05, 4.69) is 123 Å². The molecule has 0 unspecified atom stereocenters. The summed E-state index contributed by atoms with van der Waals surface area (Å²) in [6.45, 7) is 4.41. The first-order valence-electron chi connectivity index (χ1n) is 15.1. The van der Waals surface area contributed by atoms with Gasteiger partial charge in [0.05, 0.1) is 0 Å². The van der Waals surface area contributed by atoms with E-state index >= 15 is 0 Å². The average Bonchev–Trinajstić information content (AvgIpc) is 3.89. The third kappa shape index (κ3) is 4.48. The summed E-state index contributed by atoms with van der Waals surface area (Å²) >= 11 is 8.45. The van der Waals surface area contributed by atoms with Gasteiger partial charge < -0.3 is 0 Å². The van der Waals surface area contributed by atoms with Crippen LogP contribution in [0.25, 0.3) is 89.7 Å². The van der Waals surface area contributed by atoms with E-state index in [4.69, 9.17) is 0 Å². The summed E-state index contributed by atoms with van der Waals surface area (Å²) < 4.78 is 8.89. The molecular formula is C40H24S4Se2. The Labute approximate surface area is 294 Å². The van der Waals surface area contributed by atoms with Crippen molar-refractivity contribution in [3.05, 3.63) is 119 Å². The van der Waals surface area contributed by atoms with Crippen LogP contribution in [-0.4, -0.2) is 29.0 Å². The van der Waals surface area contributed by atoms with Crippen LogP contribution >= 0.6 is 45.3 Å². The standard InChI is InChI=1S/C40H24S4Se2/c1-21-3-10-34(41-21)37-15-17-39(45-37)40-18-16-38(46-40)35-14-13-33(44-35)36-20-30-28-7-5-23-24(26(28)9-12-32(30)43-36)4-6-27-25(23)8-11-31-29(27)19-22(2)42-31/h3-20H,1-2H3. The van der Waals surface area contributed by atoms with Crippen LogP contribution < -0.4 is 0 Å². The zero-order chi connectivity index (χ0) is 30.5. The van der Waals surface area contributed by atoms with E-state index < -0.39 is 0 Å². The molecule has 6 heterocycles. The number of benzene rings is 4. The molecule has 10 rings (SSSR count). The van der Waals surface area contributed by atoms with Gasteiger partial charge in [0.1, 0.15) is 0 Å². The molecule has 0 spiro atoms. The van der Waals surface area contributed by atoms with Gasteiger partial charge >= 0.3 is 240 Å². The maximum absolute atomic E-state index is 2.44. The van der Waals surface area contributed by atoms with Crippen molar-refractivity contribution in [1.82, 2.24) is 0 Å². The Morgan fingerprint density at radius 1 is 0.326 bits per heavy atom. The molecule has 0 atom stereocenters. The van der Waals surface area contributed by atoms with Gasteiger partial charge in [0.15, 0.2) is 0 Å².